The van der Waals surface area contributed by atoms with Gasteiger partial charge in [0.05, 0.1) is 19.0 Å². The van der Waals surface area contributed by atoms with Crippen molar-refractivity contribution in [2.45, 2.75) is 9.79 Å². The second-order valence-electron chi connectivity index (χ2n) is 6.12. The summed E-state index contributed by atoms with van der Waals surface area (Å²) < 4.78 is 5.22. The molecule has 1 N–H and O–H groups in total. The smallest absolute Gasteiger partial charge is 0.203 e. The van der Waals surface area contributed by atoms with Crippen LogP contribution in [-0.2, 0) is 0 Å². The largest absolute Gasteiger partial charge is 0.497 e. The van der Waals surface area contributed by atoms with E-state index in [-0.39, 0.29) is 0 Å². The van der Waals surface area contributed by atoms with Crippen LogP contribution in [0.2, 0.25) is 0 Å². The van der Waals surface area contributed by atoms with E-state index in [4.69, 9.17) is 4.74 Å². The zero-order valence-corrected chi connectivity index (χ0v) is 17.4. The van der Waals surface area contributed by atoms with Crippen molar-refractivity contribution in [3.05, 3.63) is 89.8 Å². The second kappa shape index (κ2) is 9.41. The van der Waals surface area contributed by atoms with Gasteiger partial charge in [-0.25, -0.2) is 4.98 Å². The number of hydrogen-bond acceptors (Lipinski definition) is 6. The van der Waals surface area contributed by atoms with Crippen molar-refractivity contribution in [1.29, 1.82) is 0 Å². The monoisotopic (exact) mass is 417 g/mol. The quantitative estimate of drug-likeness (QED) is 0.278. The highest BCUT2D eigenvalue weighted by Gasteiger charge is 2.05. The minimum absolute atomic E-state index is 0.752. The van der Waals surface area contributed by atoms with E-state index in [2.05, 4.69) is 64.0 Å². The first-order valence-electron chi connectivity index (χ1n) is 9.02. The summed E-state index contributed by atoms with van der Waals surface area (Å²) in [5.74, 6) is 0.805. The minimum atomic E-state index is 0.752. The van der Waals surface area contributed by atoms with Crippen LogP contribution in [-0.4, -0.2) is 18.3 Å². The van der Waals surface area contributed by atoms with E-state index < -0.39 is 0 Å². The van der Waals surface area contributed by atoms with Crippen LogP contribution < -0.4 is 10.2 Å². The van der Waals surface area contributed by atoms with Crippen LogP contribution in [0.25, 0.3) is 11.3 Å². The zero-order valence-electron chi connectivity index (χ0n) is 15.8. The van der Waals surface area contributed by atoms with E-state index in [1.54, 1.807) is 25.1 Å². The summed E-state index contributed by atoms with van der Waals surface area (Å²) in [5.41, 5.74) is 5.98. The van der Waals surface area contributed by atoms with Gasteiger partial charge in [0.25, 0.3) is 0 Å². The number of benzene rings is 3. The van der Waals surface area contributed by atoms with Crippen LogP contribution in [0.3, 0.4) is 0 Å². The molecule has 0 radical (unpaired) electrons. The normalized spacial score (nSPS) is 10.9. The molecule has 4 nitrogen and oxygen atoms in total. The lowest BCUT2D eigenvalue weighted by molar-refractivity contribution is 0.415. The van der Waals surface area contributed by atoms with Gasteiger partial charge in [0.15, 0.2) is 0 Å². The Labute approximate surface area is 178 Å². The number of ether oxygens (including phenoxy) is 1. The maximum Gasteiger partial charge on any atom is 0.203 e. The fourth-order valence-electron chi connectivity index (χ4n) is 2.66. The molecule has 4 aromatic rings. The lowest BCUT2D eigenvalue weighted by atomic mass is 10.2. The van der Waals surface area contributed by atoms with E-state index in [9.17, 15) is 0 Å². The summed E-state index contributed by atoms with van der Waals surface area (Å²) in [4.78, 5) is 7.06. The highest BCUT2D eigenvalue weighted by molar-refractivity contribution is 7.99. The fourth-order valence-corrected chi connectivity index (χ4v) is 4.17. The van der Waals surface area contributed by atoms with Crippen LogP contribution in [0.1, 0.15) is 5.56 Å². The molecule has 0 fully saturated rings. The van der Waals surface area contributed by atoms with Crippen molar-refractivity contribution in [1.82, 2.24) is 4.98 Å². The van der Waals surface area contributed by atoms with Gasteiger partial charge < -0.3 is 4.74 Å². The molecule has 0 aliphatic rings. The molecule has 4 rings (SSSR count). The number of nitrogens with one attached hydrogen (secondary N) is 1. The molecule has 0 aliphatic heterocycles. The number of aromatic nitrogens is 1. The van der Waals surface area contributed by atoms with Gasteiger partial charge in [-0.05, 0) is 42.0 Å². The Kier molecular flexibility index (Phi) is 6.24. The molecule has 1 heterocycles. The molecule has 0 unspecified atom stereocenters. The van der Waals surface area contributed by atoms with Gasteiger partial charge in [0.2, 0.25) is 5.13 Å². The van der Waals surface area contributed by atoms with E-state index in [1.807, 2.05) is 35.7 Å². The van der Waals surface area contributed by atoms with E-state index >= 15 is 0 Å². The maximum atomic E-state index is 5.22. The van der Waals surface area contributed by atoms with E-state index in [1.165, 1.54) is 21.1 Å². The third-order valence-corrected chi connectivity index (χ3v) is 5.86. The summed E-state index contributed by atoms with van der Waals surface area (Å²) >= 11 is 3.28. The van der Waals surface area contributed by atoms with Crippen molar-refractivity contribution >= 4 is 34.4 Å². The van der Waals surface area contributed by atoms with Crippen LogP contribution in [0, 0.1) is 0 Å². The fraction of sp³-hybridized carbons (Fsp3) is 0.0435. The van der Waals surface area contributed by atoms with E-state index in [0.29, 0.717) is 0 Å². The number of methoxy groups -OCH3 is 1. The Balaban J connectivity index is 1.39. The predicted octanol–water partition coefficient (Wildman–Crippen LogP) is 6.42. The zero-order chi connectivity index (χ0) is 19.9. The third-order valence-electron chi connectivity index (χ3n) is 4.10. The standard InChI is InChI=1S/C23H19N3OS2/c1-27-19-7-5-6-17(14-19)15-24-26-23-25-22(16-28-23)18-10-12-21(13-11-18)29-20-8-3-2-4-9-20/h2-16H,1H3,(H,25,26). The molecule has 6 heteroatoms. The van der Waals surface area contributed by atoms with Crippen LogP contribution >= 0.6 is 23.1 Å². The van der Waals surface area contributed by atoms with Gasteiger partial charge in [0.1, 0.15) is 5.75 Å². The third kappa shape index (κ3) is 5.25. The number of rotatable bonds is 7. The lowest BCUT2D eigenvalue weighted by Crippen LogP contribution is -1.91. The maximum absolute atomic E-state index is 5.22. The molecule has 0 saturated carbocycles. The molecular formula is C23H19N3OS2. The van der Waals surface area contributed by atoms with Crippen molar-refractivity contribution in [3.8, 4) is 17.0 Å². The average Bonchev–Trinajstić information content (AvgIpc) is 3.24. The molecule has 0 saturated heterocycles. The number of nitrogens with zero attached hydrogens (tertiary/aromatic N) is 2. The second-order valence-corrected chi connectivity index (χ2v) is 8.13. The first kappa shape index (κ1) is 19.2. The van der Waals surface area contributed by atoms with Crippen LogP contribution in [0.4, 0.5) is 5.13 Å². The highest BCUT2D eigenvalue weighted by Crippen LogP contribution is 2.30. The molecule has 29 heavy (non-hydrogen) atoms. The SMILES string of the molecule is COc1cccc(C=NNc2nc(-c3ccc(Sc4ccccc4)cc3)cs2)c1. The Bertz CT molecular complexity index is 1090. The molecule has 0 spiro atoms. The van der Waals surface area contributed by atoms with Crippen molar-refractivity contribution in [2.24, 2.45) is 5.10 Å². The van der Waals surface area contributed by atoms with Crippen molar-refractivity contribution in [3.63, 3.8) is 0 Å². The molecule has 0 atom stereocenters. The molecule has 0 aliphatic carbocycles. The molecule has 144 valence electrons. The summed E-state index contributed by atoms with van der Waals surface area (Å²) in [7, 11) is 1.65. The topological polar surface area (TPSA) is 46.5 Å². The number of thiazole rings is 1. The Hall–Kier alpha value is -3.09. The summed E-state index contributed by atoms with van der Waals surface area (Å²) in [5, 5.41) is 7.05. The van der Waals surface area contributed by atoms with Gasteiger partial charge in [-0.15, -0.1) is 11.3 Å². The van der Waals surface area contributed by atoms with Gasteiger partial charge in [-0.2, -0.15) is 5.10 Å². The number of hydrogen-bond donors (Lipinski definition) is 1. The van der Waals surface area contributed by atoms with Crippen LogP contribution in [0.15, 0.2) is 99.1 Å². The predicted molar refractivity (Wildman–Crippen MR) is 122 cm³/mol. The highest BCUT2D eigenvalue weighted by atomic mass is 32.2. The molecular weight excluding hydrogens is 398 g/mol. The summed E-state index contributed by atoms with van der Waals surface area (Å²) in [6, 6.07) is 26.5. The van der Waals surface area contributed by atoms with Gasteiger partial charge in [0, 0.05) is 20.7 Å². The lowest BCUT2D eigenvalue weighted by Gasteiger charge is -2.02. The number of hydrazone groups is 1. The summed E-state index contributed by atoms with van der Waals surface area (Å²) in [6.07, 6.45) is 1.75. The van der Waals surface area contributed by atoms with E-state index in [0.717, 1.165) is 27.7 Å². The van der Waals surface area contributed by atoms with Gasteiger partial charge >= 0.3 is 0 Å². The Morgan fingerprint density at radius 3 is 2.55 bits per heavy atom. The molecule has 0 bridgehead atoms. The number of anilines is 1. The Morgan fingerprint density at radius 1 is 0.966 bits per heavy atom. The summed E-state index contributed by atoms with van der Waals surface area (Å²) in [6.45, 7) is 0. The minimum Gasteiger partial charge on any atom is -0.497 e. The van der Waals surface area contributed by atoms with Gasteiger partial charge in [-0.3, -0.25) is 5.43 Å². The van der Waals surface area contributed by atoms with Crippen molar-refractivity contribution < 1.29 is 4.74 Å². The molecule has 1 aromatic heterocycles. The van der Waals surface area contributed by atoms with Crippen LogP contribution in [0.5, 0.6) is 5.75 Å². The van der Waals surface area contributed by atoms with Crippen molar-refractivity contribution in [2.75, 3.05) is 12.5 Å². The average molecular weight is 418 g/mol. The first-order chi connectivity index (χ1) is 14.3. The molecule has 0 amide bonds. The first-order valence-corrected chi connectivity index (χ1v) is 10.7. The molecule has 3 aromatic carbocycles. The Morgan fingerprint density at radius 2 is 1.76 bits per heavy atom. The van der Waals surface area contributed by atoms with Gasteiger partial charge in [-0.1, -0.05) is 54.2 Å².